The van der Waals surface area contributed by atoms with E-state index in [1.807, 2.05) is 0 Å². The van der Waals surface area contributed by atoms with Crippen LogP contribution in [0.2, 0.25) is 5.02 Å². The van der Waals surface area contributed by atoms with Gasteiger partial charge in [0.05, 0.1) is 27.9 Å². The van der Waals surface area contributed by atoms with Crippen molar-refractivity contribution in [1.29, 1.82) is 0 Å². The minimum absolute atomic E-state index is 0.0201. The number of aryl methyl sites for hydroxylation is 1. The van der Waals surface area contributed by atoms with Crippen molar-refractivity contribution in [2.45, 2.75) is 6.92 Å². The zero-order valence-corrected chi connectivity index (χ0v) is 16.1. The third-order valence-electron chi connectivity index (χ3n) is 4.94. The van der Waals surface area contributed by atoms with Gasteiger partial charge in [-0.05, 0) is 43.3 Å². The molecule has 0 radical (unpaired) electrons. The fraction of sp³-hybridized carbons (Fsp3) is 0.0476. The molecule has 0 atom stereocenters. The number of hydrogen-bond acceptors (Lipinski definition) is 4. The summed E-state index contributed by atoms with van der Waals surface area (Å²) in [5.74, 6) is -2.61. The number of fused-ring (bicyclic) bond motifs is 3. The fourth-order valence-electron chi connectivity index (χ4n) is 3.61. The van der Waals surface area contributed by atoms with Gasteiger partial charge in [-0.15, -0.1) is 0 Å². The second-order valence-corrected chi connectivity index (χ2v) is 7.20. The number of benzene rings is 2. The maximum Gasteiger partial charge on any atom is 0.267 e. The number of carbonyl (C=O) groups excluding carboxylic acids is 2. The topological polar surface area (TPSA) is 68.1 Å². The van der Waals surface area contributed by atoms with E-state index in [1.165, 1.54) is 16.9 Å². The van der Waals surface area contributed by atoms with Crippen LogP contribution in [0.15, 0.2) is 48.7 Å². The molecule has 0 spiro atoms. The molecule has 1 aliphatic rings. The van der Waals surface area contributed by atoms with Crippen LogP contribution in [-0.2, 0) is 0 Å². The third-order valence-corrected chi connectivity index (χ3v) is 5.20. The first-order valence-corrected chi connectivity index (χ1v) is 9.22. The van der Waals surface area contributed by atoms with Crippen LogP contribution in [-0.4, -0.2) is 26.6 Å². The molecule has 4 aromatic rings. The molecule has 2 amide bonds. The van der Waals surface area contributed by atoms with Gasteiger partial charge in [0, 0.05) is 17.3 Å². The highest BCUT2D eigenvalue weighted by molar-refractivity contribution is 6.37. The Labute approximate surface area is 173 Å². The van der Waals surface area contributed by atoms with Crippen LogP contribution in [0.1, 0.15) is 26.4 Å². The number of anilines is 1. The number of halogens is 3. The molecule has 1 aliphatic heterocycles. The quantitative estimate of drug-likeness (QED) is 0.445. The summed E-state index contributed by atoms with van der Waals surface area (Å²) in [4.78, 5) is 31.4. The molecule has 30 heavy (non-hydrogen) atoms. The molecule has 0 saturated carbocycles. The summed E-state index contributed by atoms with van der Waals surface area (Å²) in [6.07, 6.45) is 1.27. The number of carbonyl (C=O) groups is 2. The lowest BCUT2D eigenvalue weighted by Gasteiger charge is -2.13. The molecule has 6 nitrogen and oxygen atoms in total. The molecule has 3 heterocycles. The van der Waals surface area contributed by atoms with E-state index >= 15 is 0 Å². The predicted molar refractivity (Wildman–Crippen MR) is 106 cm³/mol. The van der Waals surface area contributed by atoms with Crippen LogP contribution in [0.5, 0.6) is 0 Å². The number of pyridine rings is 1. The maximum atomic E-state index is 14.3. The van der Waals surface area contributed by atoms with Crippen molar-refractivity contribution in [3.8, 4) is 5.69 Å². The highest BCUT2D eigenvalue weighted by atomic mass is 35.5. The van der Waals surface area contributed by atoms with E-state index in [-0.39, 0.29) is 22.5 Å². The van der Waals surface area contributed by atoms with E-state index < -0.39 is 23.4 Å². The molecule has 0 unspecified atom stereocenters. The number of amides is 2. The standard InChI is InChI=1S/C21H11ClF2N4O2/c1-10-17-18-14(20(29)27(21(18)30)13-5-2-11(22)3-6-13)9-25-19(17)28(26-10)16-7-4-12(23)8-15(16)24/h2-9H,1H3. The Bertz CT molecular complexity index is 1380. The van der Waals surface area contributed by atoms with Crippen molar-refractivity contribution < 1.29 is 18.4 Å². The van der Waals surface area contributed by atoms with Gasteiger partial charge in [0.2, 0.25) is 0 Å². The van der Waals surface area contributed by atoms with E-state index in [0.29, 0.717) is 21.8 Å². The minimum Gasteiger partial charge on any atom is -0.268 e. The van der Waals surface area contributed by atoms with Crippen molar-refractivity contribution in [2.75, 3.05) is 4.90 Å². The van der Waals surface area contributed by atoms with E-state index in [9.17, 15) is 18.4 Å². The Hall–Kier alpha value is -3.65. The smallest absolute Gasteiger partial charge is 0.267 e. The normalized spacial score (nSPS) is 13.4. The molecule has 2 aromatic carbocycles. The molecule has 2 aromatic heterocycles. The van der Waals surface area contributed by atoms with Gasteiger partial charge < -0.3 is 0 Å². The van der Waals surface area contributed by atoms with E-state index in [4.69, 9.17) is 11.6 Å². The van der Waals surface area contributed by atoms with Gasteiger partial charge in [0.15, 0.2) is 11.5 Å². The Morgan fingerprint density at radius 3 is 2.43 bits per heavy atom. The summed E-state index contributed by atoms with van der Waals surface area (Å²) in [5.41, 5.74) is 1.20. The molecule has 0 fully saturated rings. The number of aromatic nitrogens is 3. The Morgan fingerprint density at radius 2 is 1.73 bits per heavy atom. The van der Waals surface area contributed by atoms with Crippen LogP contribution < -0.4 is 4.90 Å². The zero-order chi connectivity index (χ0) is 21.2. The van der Waals surface area contributed by atoms with Gasteiger partial charge in [-0.3, -0.25) is 9.59 Å². The van der Waals surface area contributed by atoms with Crippen molar-refractivity contribution in [1.82, 2.24) is 14.8 Å². The first kappa shape index (κ1) is 18.4. The third kappa shape index (κ3) is 2.54. The van der Waals surface area contributed by atoms with Crippen LogP contribution in [0.4, 0.5) is 14.5 Å². The largest absolute Gasteiger partial charge is 0.268 e. The molecule has 0 saturated heterocycles. The lowest BCUT2D eigenvalue weighted by Crippen LogP contribution is -2.29. The summed E-state index contributed by atoms with van der Waals surface area (Å²) in [6, 6.07) is 9.37. The number of nitrogens with zero attached hydrogens (tertiary/aromatic N) is 4. The highest BCUT2D eigenvalue weighted by Gasteiger charge is 2.40. The zero-order valence-electron chi connectivity index (χ0n) is 15.4. The van der Waals surface area contributed by atoms with Gasteiger partial charge in [-0.25, -0.2) is 23.3 Å². The Balaban J connectivity index is 1.72. The summed E-state index contributed by atoms with van der Waals surface area (Å²) in [7, 11) is 0. The Kier molecular flexibility index (Phi) is 3.94. The van der Waals surface area contributed by atoms with Gasteiger partial charge >= 0.3 is 0 Å². The Morgan fingerprint density at radius 1 is 1.00 bits per heavy atom. The van der Waals surface area contributed by atoms with E-state index in [1.54, 1.807) is 31.2 Å². The van der Waals surface area contributed by atoms with Crippen LogP contribution >= 0.6 is 11.6 Å². The summed E-state index contributed by atoms with van der Waals surface area (Å²) >= 11 is 5.90. The van der Waals surface area contributed by atoms with Crippen LogP contribution in [0.25, 0.3) is 16.7 Å². The molecule has 5 rings (SSSR count). The lowest BCUT2D eigenvalue weighted by atomic mass is 10.1. The molecular formula is C21H11ClF2N4O2. The monoisotopic (exact) mass is 424 g/mol. The van der Waals surface area contributed by atoms with Crippen molar-refractivity contribution in [3.05, 3.63) is 82.1 Å². The van der Waals surface area contributed by atoms with Gasteiger partial charge in [0.25, 0.3) is 11.8 Å². The van der Waals surface area contributed by atoms with E-state index in [0.717, 1.165) is 17.0 Å². The average molecular weight is 425 g/mol. The van der Waals surface area contributed by atoms with E-state index in [2.05, 4.69) is 10.1 Å². The molecule has 0 N–H and O–H groups in total. The highest BCUT2D eigenvalue weighted by Crippen LogP contribution is 2.35. The fourth-order valence-corrected chi connectivity index (χ4v) is 3.73. The summed E-state index contributed by atoms with van der Waals surface area (Å²) < 4.78 is 28.8. The van der Waals surface area contributed by atoms with Crippen molar-refractivity contribution >= 4 is 40.1 Å². The predicted octanol–water partition coefficient (Wildman–Crippen LogP) is 4.46. The maximum absolute atomic E-state index is 14.3. The number of rotatable bonds is 2. The molecule has 148 valence electrons. The minimum atomic E-state index is -0.827. The SMILES string of the molecule is Cc1nn(-c2ccc(F)cc2F)c2ncc3c(c12)C(=O)N(c1ccc(Cl)cc1)C3=O. The molecular weight excluding hydrogens is 414 g/mol. The molecule has 9 heteroatoms. The van der Waals surface area contributed by atoms with Crippen LogP contribution in [0, 0.1) is 18.6 Å². The first-order valence-electron chi connectivity index (χ1n) is 8.85. The average Bonchev–Trinajstić information content (AvgIpc) is 3.17. The molecule has 0 aliphatic carbocycles. The van der Waals surface area contributed by atoms with Gasteiger partial charge in [0.1, 0.15) is 11.5 Å². The second-order valence-electron chi connectivity index (χ2n) is 6.76. The first-order chi connectivity index (χ1) is 14.4. The van der Waals surface area contributed by atoms with Gasteiger partial charge in [-0.1, -0.05) is 11.6 Å². The van der Waals surface area contributed by atoms with Gasteiger partial charge in [-0.2, -0.15) is 5.10 Å². The van der Waals surface area contributed by atoms with Crippen LogP contribution in [0.3, 0.4) is 0 Å². The number of hydrogen-bond donors (Lipinski definition) is 0. The van der Waals surface area contributed by atoms with Crippen molar-refractivity contribution in [3.63, 3.8) is 0 Å². The second kappa shape index (κ2) is 6.43. The molecule has 0 bridgehead atoms. The number of imide groups is 1. The lowest BCUT2D eigenvalue weighted by molar-refractivity contribution is 0.0926. The summed E-state index contributed by atoms with van der Waals surface area (Å²) in [5, 5.41) is 5.10. The summed E-state index contributed by atoms with van der Waals surface area (Å²) in [6.45, 7) is 1.63. The van der Waals surface area contributed by atoms with Crippen molar-refractivity contribution in [2.24, 2.45) is 0 Å².